The molecule has 0 saturated carbocycles. The van der Waals surface area contributed by atoms with Gasteiger partial charge in [0.05, 0.1) is 0 Å². The van der Waals surface area contributed by atoms with Crippen LogP contribution in [0.4, 0.5) is 0 Å². The van der Waals surface area contributed by atoms with E-state index in [1.807, 2.05) is 0 Å². The largest absolute Gasteiger partial charge is 0.353 e. The molecule has 4 heteroatoms. The van der Waals surface area contributed by atoms with Crippen molar-refractivity contribution in [3.63, 3.8) is 0 Å². The summed E-state index contributed by atoms with van der Waals surface area (Å²) in [6, 6.07) is 0.319. The molecule has 2 atom stereocenters. The van der Waals surface area contributed by atoms with E-state index >= 15 is 0 Å². The normalized spacial score (nSPS) is 14.6. The van der Waals surface area contributed by atoms with Gasteiger partial charge in [-0.25, -0.2) is 0 Å². The van der Waals surface area contributed by atoms with Crippen molar-refractivity contribution in [2.24, 2.45) is 17.6 Å². The van der Waals surface area contributed by atoms with Gasteiger partial charge in [-0.05, 0) is 43.9 Å². The lowest BCUT2D eigenvalue weighted by Gasteiger charge is -2.21. The van der Waals surface area contributed by atoms with Crippen molar-refractivity contribution >= 4 is 17.7 Å². The maximum atomic E-state index is 11.9. The first-order chi connectivity index (χ1) is 8.54. The molecular weight excluding hydrogens is 244 g/mol. The smallest absolute Gasteiger partial charge is 0.220 e. The van der Waals surface area contributed by atoms with Crippen molar-refractivity contribution in [2.75, 3.05) is 18.6 Å². The molecule has 0 radical (unpaired) electrons. The molecule has 0 aromatic heterocycles. The summed E-state index contributed by atoms with van der Waals surface area (Å²) in [6.07, 6.45) is 5.69. The van der Waals surface area contributed by atoms with Crippen molar-refractivity contribution in [3.8, 4) is 0 Å². The highest BCUT2D eigenvalue weighted by atomic mass is 32.2. The minimum absolute atomic E-state index is 0.193. The molecule has 3 N–H and O–H groups in total. The maximum Gasteiger partial charge on any atom is 0.220 e. The highest BCUT2D eigenvalue weighted by Gasteiger charge is 2.15. The lowest BCUT2D eigenvalue weighted by Crippen LogP contribution is -2.36. The van der Waals surface area contributed by atoms with Gasteiger partial charge in [0.25, 0.3) is 0 Å². The highest BCUT2D eigenvalue weighted by Crippen LogP contribution is 2.20. The Bertz CT molecular complexity index is 222. The molecule has 0 bridgehead atoms. The van der Waals surface area contributed by atoms with Gasteiger partial charge in [0.15, 0.2) is 0 Å². The number of hydrogen-bond acceptors (Lipinski definition) is 3. The van der Waals surface area contributed by atoms with E-state index in [1.54, 1.807) is 11.8 Å². The minimum Gasteiger partial charge on any atom is -0.353 e. The van der Waals surface area contributed by atoms with Gasteiger partial charge in [0.2, 0.25) is 5.91 Å². The summed E-state index contributed by atoms with van der Waals surface area (Å²) in [4.78, 5) is 11.9. The zero-order valence-electron chi connectivity index (χ0n) is 12.4. The molecule has 0 aliphatic carbocycles. The molecular formula is C14H30N2OS. The van der Waals surface area contributed by atoms with Gasteiger partial charge in [-0.2, -0.15) is 11.8 Å². The Kier molecular flexibility index (Phi) is 10.5. The lowest BCUT2D eigenvalue weighted by atomic mass is 9.88. The Morgan fingerprint density at radius 3 is 2.44 bits per heavy atom. The van der Waals surface area contributed by atoms with Crippen LogP contribution in [-0.2, 0) is 4.79 Å². The van der Waals surface area contributed by atoms with Crippen LogP contribution in [0.3, 0.4) is 0 Å². The van der Waals surface area contributed by atoms with E-state index in [-0.39, 0.29) is 5.91 Å². The Hall–Kier alpha value is -0.220. The van der Waals surface area contributed by atoms with E-state index < -0.39 is 0 Å². The number of nitrogens with one attached hydrogen (secondary N) is 1. The first-order valence-corrected chi connectivity index (χ1v) is 8.42. The fourth-order valence-corrected chi connectivity index (χ4v) is 2.83. The summed E-state index contributed by atoms with van der Waals surface area (Å²) in [6.45, 7) is 7.25. The predicted molar refractivity (Wildman–Crippen MR) is 81.8 cm³/mol. The van der Waals surface area contributed by atoms with Crippen LogP contribution < -0.4 is 11.1 Å². The third kappa shape index (κ3) is 7.98. The standard InChI is InChI=1S/C14H30N2OS/c1-5-13(10-18-4)16-14(17)7-6-12(8-9-15)11(2)3/h11-13H,5-10,15H2,1-4H3,(H,16,17). The van der Waals surface area contributed by atoms with Crippen LogP contribution in [0.1, 0.15) is 46.5 Å². The van der Waals surface area contributed by atoms with Crippen molar-refractivity contribution < 1.29 is 4.79 Å². The summed E-state index contributed by atoms with van der Waals surface area (Å²) >= 11 is 1.78. The molecule has 0 aliphatic heterocycles. The van der Waals surface area contributed by atoms with Crippen LogP contribution in [0.5, 0.6) is 0 Å². The molecule has 0 rings (SSSR count). The topological polar surface area (TPSA) is 55.1 Å². The molecule has 0 fully saturated rings. The molecule has 0 aromatic rings. The summed E-state index contributed by atoms with van der Waals surface area (Å²) in [5.74, 6) is 2.37. The molecule has 108 valence electrons. The Morgan fingerprint density at radius 2 is 2.00 bits per heavy atom. The predicted octanol–water partition coefficient (Wildman–Crippen LogP) is 2.65. The van der Waals surface area contributed by atoms with Crippen LogP contribution in [0, 0.1) is 11.8 Å². The van der Waals surface area contributed by atoms with Gasteiger partial charge in [-0.15, -0.1) is 0 Å². The molecule has 0 aliphatic rings. The molecule has 0 spiro atoms. The van der Waals surface area contributed by atoms with Crippen molar-refractivity contribution in [1.29, 1.82) is 0 Å². The zero-order valence-corrected chi connectivity index (χ0v) is 13.2. The summed E-state index contributed by atoms with van der Waals surface area (Å²) in [5.41, 5.74) is 5.61. The molecule has 2 unspecified atom stereocenters. The number of nitrogens with two attached hydrogens (primary N) is 1. The second-order valence-electron chi connectivity index (χ2n) is 5.25. The fourth-order valence-electron chi connectivity index (χ4n) is 2.10. The average molecular weight is 274 g/mol. The van der Waals surface area contributed by atoms with Gasteiger partial charge < -0.3 is 11.1 Å². The first kappa shape index (κ1) is 17.8. The average Bonchev–Trinajstić information content (AvgIpc) is 2.33. The second kappa shape index (κ2) is 10.7. The number of rotatable bonds is 10. The van der Waals surface area contributed by atoms with E-state index in [4.69, 9.17) is 5.73 Å². The van der Waals surface area contributed by atoms with E-state index in [9.17, 15) is 4.79 Å². The van der Waals surface area contributed by atoms with Crippen molar-refractivity contribution in [2.45, 2.75) is 52.5 Å². The highest BCUT2D eigenvalue weighted by molar-refractivity contribution is 7.98. The molecule has 0 aromatic carbocycles. The summed E-state index contributed by atoms with van der Waals surface area (Å²) < 4.78 is 0. The summed E-state index contributed by atoms with van der Waals surface area (Å²) in [7, 11) is 0. The number of hydrogen-bond donors (Lipinski definition) is 2. The molecule has 0 saturated heterocycles. The van der Waals surface area contributed by atoms with Gasteiger partial charge in [-0.3, -0.25) is 4.79 Å². The maximum absolute atomic E-state index is 11.9. The second-order valence-corrected chi connectivity index (χ2v) is 6.16. The van der Waals surface area contributed by atoms with Crippen LogP contribution >= 0.6 is 11.8 Å². The first-order valence-electron chi connectivity index (χ1n) is 7.03. The number of amides is 1. The van der Waals surface area contributed by atoms with Crippen molar-refractivity contribution in [3.05, 3.63) is 0 Å². The lowest BCUT2D eigenvalue weighted by molar-refractivity contribution is -0.122. The third-order valence-corrected chi connectivity index (χ3v) is 4.18. The zero-order chi connectivity index (χ0) is 14.0. The van der Waals surface area contributed by atoms with Crippen LogP contribution in [0.2, 0.25) is 0 Å². The van der Waals surface area contributed by atoms with Crippen LogP contribution in [0.25, 0.3) is 0 Å². The van der Waals surface area contributed by atoms with Gasteiger partial charge in [0.1, 0.15) is 0 Å². The quantitative estimate of drug-likeness (QED) is 0.644. The third-order valence-electron chi connectivity index (χ3n) is 3.45. The van der Waals surface area contributed by atoms with Crippen molar-refractivity contribution in [1.82, 2.24) is 5.32 Å². The monoisotopic (exact) mass is 274 g/mol. The van der Waals surface area contributed by atoms with Gasteiger partial charge >= 0.3 is 0 Å². The van der Waals surface area contributed by atoms with Crippen LogP contribution in [0.15, 0.2) is 0 Å². The Balaban J connectivity index is 3.99. The summed E-state index contributed by atoms with van der Waals surface area (Å²) in [5, 5.41) is 3.11. The number of carbonyl (C=O) groups excluding carboxylic acids is 1. The van der Waals surface area contributed by atoms with Gasteiger partial charge in [0, 0.05) is 18.2 Å². The molecule has 0 heterocycles. The van der Waals surface area contributed by atoms with E-state index in [0.29, 0.717) is 30.8 Å². The Labute approximate surface area is 117 Å². The molecule has 1 amide bonds. The number of carbonyl (C=O) groups is 1. The SMILES string of the molecule is CCC(CSC)NC(=O)CCC(CCN)C(C)C. The molecule has 3 nitrogen and oxygen atoms in total. The van der Waals surface area contributed by atoms with E-state index in [2.05, 4.69) is 32.3 Å². The van der Waals surface area contributed by atoms with Gasteiger partial charge in [-0.1, -0.05) is 20.8 Å². The Morgan fingerprint density at radius 1 is 1.33 bits per heavy atom. The molecule has 18 heavy (non-hydrogen) atoms. The van der Waals surface area contributed by atoms with E-state index in [1.165, 1.54) is 0 Å². The number of thioether (sulfide) groups is 1. The fraction of sp³-hybridized carbons (Fsp3) is 0.929. The minimum atomic E-state index is 0.193. The van der Waals surface area contributed by atoms with E-state index in [0.717, 1.165) is 25.0 Å². The van der Waals surface area contributed by atoms with Crippen LogP contribution in [-0.4, -0.2) is 30.5 Å².